The van der Waals surface area contributed by atoms with E-state index in [0.29, 0.717) is 29.4 Å². The van der Waals surface area contributed by atoms with Crippen LogP contribution in [0.1, 0.15) is 88.2 Å². The van der Waals surface area contributed by atoms with Crippen LogP contribution < -0.4 is 16.1 Å². The van der Waals surface area contributed by atoms with E-state index in [0.717, 1.165) is 62.5 Å². The number of amides is 2. The molecule has 11 rings (SSSR count). The van der Waals surface area contributed by atoms with Crippen molar-refractivity contribution in [1.29, 1.82) is 0 Å². The Kier molecular flexibility index (Phi) is 10.5. The number of nitrogens with zero attached hydrogens (tertiary/aromatic N) is 7. The van der Waals surface area contributed by atoms with Gasteiger partial charge in [0.05, 0.1) is 27.0 Å². The molecule has 2 amide bonds. The first-order chi connectivity index (χ1) is 29.6. The van der Waals surface area contributed by atoms with Gasteiger partial charge in [0.25, 0.3) is 0 Å². The van der Waals surface area contributed by atoms with E-state index in [2.05, 4.69) is 47.3 Å². The van der Waals surface area contributed by atoms with Crippen molar-refractivity contribution < 1.29 is 50.7 Å². The van der Waals surface area contributed by atoms with Gasteiger partial charge in [0.2, 0.25) is 5.75 Å². The fourth-order valence-electron chi connectivity index (χ4n) is 10.3. The van der Waals surface area contributed by atoms with E-state index in [1.165, 1.54) is 29.7 Å². The van der Waals surface area contributed by atoms with E-state index < -0.39 is 40.7 Å². The summed E-state index contributed by atoms with van der Waals surface area (Å²) in [5.74, 6) is 1.44. The molecule has 3 N–H and O–H groups in total. The molecule has 2 aromatic heterocycles. The number of nitro benzene ring substituents is 1. The molecular formula is C41H37F6N9O6. The molecule has 5 heterocycles. The minimum absolute atomic E-state index is 0.0496. The maximum Gasteiger partial charge on any atom is 0.471 e. The third-order valence-corrected chi connectivity index (χ3v) is 12.8. The molecule has 3 aliphatic carbocycles. The number of nitrogens with one attached hydrogen (secondary N) is 1. The van der Waals surface area contributed by atoms with Crippen molar-refractivity contribution in [2.24, 2.45) is 5.90 Å². The maximum absolute atomic E-state index is 12.7. The maximum atomic E-state index is 12.7. The first-order valence-corrected chi connectivity index (χ1v) is 19.8. The van der Waals surface area contributed by atoms with Gasteiger partial charge in [-0.3, -0.25) is 39.6 Å². The van der Waals surface area contributed by atoms with E-state index in [9.17, 15) is 46.0 Å². The summed E-state index contributed by atoms with van der Waals surface area (Å²) in [6, 6.07) is 10.9. The molecule has 0 saturated carbocycles. The van der Waals surface area contributed by atoms with Crippen LogP contribution >= 0.6 is 0 Å². The van der Waals surface area contributed by atoms with Crippen molar-refractivity contribution in [3.63, 3.8) is 0 Å². The summed E-state index contributed by atoms with van der Waals surface area (Å²) < 4.78 is 75.9. The van der Waals surface area contributed by atoms with Crippen molar-refractivity contribution >= 4 is 39.6 Å². The van der Waals surface area contributed by atoms with Crippen molar-refractivity contribution in [2.75, 3.05) is 39.3 Å². The molecule has 3 fully saturated rings. The highest BCUT2D eigenvalue weighted by atomic mass is 19.4. The molecule has 6 unspecified atom stereocenters. The zero-order valence-corrected chi connectivity index (χ0v) is 32.5. The van der Waals surface area contributed by atoms with Crippen molar-refractivity contribution in [1.82, 2.24) is 35.1 Å². The highest BCUT2D eigenvalue weighted by molar-refractivity contribution is 5.83. The van der Waals surface area contributed by atoms with Crippen molar-refractivity contribution in [3.05, 3.63) is 105 Å². The Morgan fingerprint density at radius 1 is 0.613 bits per heavy atom. The van der Waals surface area contributed by atoms with Crippen LogP contribution in [0.2, 0.25) is 0 Å². The quantitative estimate of drug-likeness (QED) is 0.0910. The van der Waals surface area contributed by atoms with E-state index >= 15 is 0 Å². The molecule has 15 nitrogen and oxygen atoms in total. The molecule has 6 aliphatic rings. The number of hydrogen-bond acceptors (Lipinski definition) is 12. The summed E-state index contributed by atoms with van der Waals surface area (Å²) in [5.41, 5.74) is 9.33. The molecule has 6 bridgehead atoms. The summed E-state index contributed by atoms with van der Waals surface area (Å²) in [6.07, 6.45) is -0.423. The summed E-state index contributed by atoms with van der Waals surface area (Å²) >= 11 is 0. The van der Waals surface area contributed by atoms with Gasteiger partial charge in [-0.15, -0.1) is 0 Å². The van der Waals surface area contributed by atoms with Crippen LogP contribution in [0, 0.1) is 10.1 Å². The lowest BCUT2D eigenvalue weighted by Gasteiger charge is -2.32. The Bertz CT molecular complexity index is 2510. The van der Waals surface area contributed by atoms with Gasteiger partial charge in [0.15, 0.2) is 0 Å². The van der Waals surface area contributed by atoms with Gasteiger partial charge in [0.1, 0.15) is 0 Å². The van der Waals surface area contributed by atoms with Crippen LogP contribution in [0.25, 0.3) is 22.1 Å². The van der Waals surface area contributed by atoms with Crippen LogP contribution in [-0.2, 0) is 14.6 Å². The molecule has 62 heavy (non-hydrogen) atoms. The number of benzene rings is 3. The first kappa shape index (κ1) is 41.3. The minimum atomic E-state index is -4.95. The van der Waals surface area contributed by atoms with Crippen LogP contribution in [0.5, 0.6) is 5.75 Å². The number of piperidine rings is 3. The van der Waals surface area contributed by atoms with Gasteiger partial charge in [-0.2, -0.15) is 32.2 Å². The van der Waals surface area contributed by atoms with Gasteiger partial charge >= 0.3 is 29.9 Å². The largest absolute Gasteiger partial charge is 0.471 e. The Morgan fingerprint density at radius 3 is 1.31 bits per heavy atom. The third-order valence-electron chi connectivity index (χ3n) is 12.8. The zero-order valence-electron chi connectivity index (χ0n) is 32.5. The fraction of sp³-hybridized carbons (Fsp3) is 0.415. The third kappa shape index (κ3) is 7.61. The van der Waals surface area contributed by atoms with Gasteiger partial charge in [-0.25, -0.2) is 0 Å². The SMILES string of the molecule is NOOc1cc2c(cc1[N+](=O)[O-])C1CC2CN(C(=O)C(F)(F)F)C1.O=C(N1CC2CC(C1)c1cc3nccnc3cc12)C(F)(F)F.c1cnc2cc3c(cc2n1)C1CNCC3C1. The van der Waals surface area contributed by atoms with Gasteiger partial charge in [-0.1, -0.05) is 4.99 Å². The van der Waals surface area contributed by atoms with Crippen LogP contribution in [0.3, 0.4) is 0 Å². The fourth-order valence-corrected chi connectivity index (χ4v) is 10.3. The Labute approximate surface area is 347 Å². The molecule has 5 aromatic rings. The number of nitrogens with two attached hydrogens (primary N) is 1. The molecule has 21 heteroatoms. The zero-order chi connectivity index (χ0) is 43.7. The second kappa shape index (κ2) is 15.7. The lowest BCUT2D eigenvalue weighted by atomic mass is 9.95. The van der Waals surface area contributed by atoms with Crippen molar-refractivity contribution in [2.45, 2.75) is 67.1 Å². The lowest BCUT2D eigenvalue weighted by molar-refractivity contribution is -0.388. The van der Waals surface area contributed by atoms with Crippen LogP contribution in [0.4, 0.5) is 32.0 Å². The number of likely N-dealkylation sites (tertiary alicyclic amines) is 2. The highest BCUT2D eigenvalue weighted by Crippen LogP contribution is 2.51. The van der Waals surface area contributed by atoms with Gasteiger partial charge in [0, 0.05) is 93.8 Å². The Morgan fingerprint density at radius 2 is 0.952 bits per heavy atom. The number of alkyl halides is 6. The average Bonchev–Trinajstić information content (AvgIpc) is 3.76. The van der Waals surface area contributed by atoms with Crippen LogP contribution in [0.15, 0.2) is 61.2 Å². The number of carbonyl (C=O) groups excluding carboxylic acids is 2. The summed E-state index contributed by atoms with van der Waals surface area (Å²) in [5, 5.41) is 14.6. The standard InChI is InChI=1S/C15H12F3N3O.C13H12F3N3O5.C13H13N3/c16-15(17,18)14(22)21-6-8-3-9(7-21)11-5-13-12(4-10(8)11)19-1-2-20-13;14-13(15,16)12(20)18-4-6-1-7(5-18)9-3-11(23-24-17)10(19(21)22)2-8(6)9;1-2-16-13-5-11-9-3-8(6-14-7-9)10(11)4-12(13)15-1/h1-2,4-5,8-9H,3,6-7H2;2-3,6-7H,1,4-5,17H2;1-2,4-5,8-9,14H,3,6-7H2. The Balaban J connectivity index is 0.000000121. The minimum Gasteiger partial charge on any atom is -0.334 e. The number of fused-ring (bicyclic) bond motifs is 17. The van der Waals surface area contributed by atoms with E-state index in [1.807, 2.05) is 12.1 Å². The second-order valence-corrected chi connectivity index (χ2v) is 16.4. The predicted molar refractivity (Wildman–Crippen MR) is 207 cm³/mol. The number of carbonyl (C=O) groups is 2. The Hall–Kier alpha value is -6.06. The van der Waals surface area contributed by atoms with E-state index in [-0.39, 0.29) is 49.7 Å². The van der Waals surface area contributed by atoms with Gasteiger partial charge in [-0.05, 0) is 94.8 Å². The molecular weight excluding hydrogens is 828 g/mol. The number of hydrogen-bond donors (Lipinski definition) is 2. The lowest BCUT2D eigenvalue weighted by Crippen LogP contribution is -2.46. The molecule has 3 aromatic carbocycles. The molecule has 0 spiro atoms. The molecule has 6 atom stereocenters. The highest BCUT2D eigenvalue weighted by Gasteiger charge is 2.49. The number of halogens is 6. The number of rotatable bonds is 3. The number of aromatic nitrogens is 4. The topological polar surface area (TPSA) is 192 Å². The molecule has 324 valence electrons. The summed E-state index contributed by atoms with van der Waals surface area (Å²) in [6.45, 7) is 2.24. The average molecular weight is 866 g/mol. The van der Waals surface area contributed by atoms with E-state index in [1.54, 1.807) is 24.8 Å². The van der Waals surface area contributed by atoms with Crippen LogP contribution in [-0.4, -0.2) is 98.1 Å². The smallest absolute Gasteiger partial charge is 0.334 e. The molecule has 3 aliphatic heterocycles. The summed E-state index contributed by atoms with van der Waals surface area (Å²) in [4.78, 5) is 60.9. The number of nitro groups is 1. The normalized spacial score (nSPS) is 24.0. The molecule has 3 saturated heterocycles. The van der Waals surface area contributed by atoms with Gasteiger partial charge < -0.3 is 20.0 Å². The van der Waals surface area contributed by atoms with Crippen molar-refractivity contribution in [3.8, 4) is 5.75 Å². The summed E-state index contributed by atoms with van der Waals surface area (Å²) in [7, 11) is 0. The first-order valence-electron chi connectivity index (χ1n) is 19.8. The molecule has 0 radical (unpaired) electrons. The predicted octanol–water partition coefficient (Wildman–Crippen LogP) is 6.16. The monoisotopic (exact) mass is 865 g/mol. The van der Waals surface area contributed by atoms with E-state index in [4.69, 9.17) is 5.90 Å². The second-order valence-electron chi connectivity index (χ2n) is 16.4.